The van der Waals surface area contributed by atoms with Crippen LogP contribution in [-0.4, -0.2) is 20.0 Å². The average molecular weight is 320 g/mol. The van der Waals surface area contributed by atoms with Crippen LogP contribution in [0.15, 0.2) is 59.5 Å². The van der Waals surface area contributed by atoms with E-state index >= 15 is 0 Å². The van der Waals surface area contributed by atoms with E-state index < -0.39 is 10.0 Å². The van der Waals surface area contributed by atoms with E-state index in [9.17, 15) is 8.42 Å². The molecule has 0 atom stereocenters. The summed E-state index contributed by atoms with van der Waals surface area (Å²) in [4.78, 5) is 0.345. The molecule has 0 radical (unpaired) electrons. The number of rotatable bonds is 6. The van der Waals surface area contributed by atoms with Gasteiger partial charge in [-0.2, -0.15) is 0 Å². The lowest BCUT2D eigenvalue weighted by molar-refractivity contribution is 0.581. The molecule has 0 saturated carbocycles. The second-order valence-corrected chi connectivity index (χ2v) is 6.73. The lowest BCUT2D eigenvalue weighted by Gasteiger charge is -2.08. The minimum atomic E-state index is -3.55. The van der Waals surface area contributed by atoms with E-state index in [1.165, 1.54) is 12.1 Å². The lowest BCUT2D eigenvalue weighted by Crippen LogP contribution is -2.26. The van der Waals surface area contributed by atoms with Crippen LogP contribution in [0.4, 0.5) is 0 Å². The first-order chi connectivity index (χ1) is 9.99. The van der Waals surface area contributed by atoms with Crippen molar-refractivity contribution < 1.29 is 8.42 Å². The van der Waals surface area contributed by atoms with Gasteiger partial charge >= 0.3 is 0 Å². The predicted octanol–water partition coefficient (Wildman–Crippen LogP) is 1.84. The van der Waals surface area contributed by atoms with Gasteiger partial charge in [-0.3, -0.25) is 0 Å². The molecule has 0 fully saturated rings. The van der Waals surface area contributed by atoms with E-state index in [0.717, 1.165) is 5.56 Å². The molecule has 0 unspecified atom stereocenters. The quantitative estimate of drug-likeness (QED) is 0.797. The average Bonchev–Trinajstić information content (AvgIpc) is 2.48. The maximum Gasteiger partial charge on any atom is 0.240 e. The fraction of sp³-hybridized carbons (Fsp3) is 0.133. The maximum absolute atomic E-state index is 12.2. The Hall–Kier alpha value is -1.76. The first kappa shape index (κ1) is 15.6. The summed E-state index contributed by atoms with van der Waals surface area (Å²) in [5.74, 6) is 0. The molecule has 0 aliphatic carbocycles. The molecular weight excluding hydrogens is 304 g/mol. The van der Waals surface area contributed by atoms with Gasteiger partial charge < -0.3 is 5.73 Å². The summed E-state index contributed by atoms with van der Waals surface area (Å²) in [6, 6.07) is 16.0. The summed E-state index contributed by atoms with van der Waals surface area (Å²) in [5, 5.41) is 0. The molecule has 110 valence electrons. The topological polar surface area (TPSA) is 72.2 Å². The largest absolute Gasteiger partial charge is 0.389 e. The Morgan fingerprint density at radius 3 is 2.48 bits per heavy atom. The fourth-order valence-corrected chi connectivity index (χ4v) is 3.08. The summed E-state index contributed by atoms with van der Waals surface area (Å²) in [6.45, 7) is 0.337. The Kier molecular flexibility index (Phi) is 5.06. The van der Waals surface area contributed by atoms with Crippen LogP contribution in [0, 0.1) is 0 Å². The van der Waals surface area contributed by atoms with Gasteiger partial charge in [-0.1, -0.05) is 54.7 Å². The van der Waals surface area contributed by atoms with Gasteiger partial charge in [-0.05, 0) is 24.1 Å². The van der Waals surface area contributed by atoms with Crippen molar-refractivity contribution in [2.45, 2.75) is 11.3 Å². The van der Waals surface area contributed by atoms with E-state index in [1.54, 1.807) is 12.1 Å². The van der Waals surface area contributed by atoms with Crippen LogP contribution >= 0.6 is 12.2 Å². The van der Waals surface area contributed by atoms with Crippen molar-refractivity contribution in [3.05, 3.63) is 65.7 Å². The second kappa shape index (κ2) is 6.80. The summed E-state index contributed by atoms with van der Waals surface area (Å²) < 4.78 is 27.0. The van der Waals surface area contributed by atoms with E-state index in [2.05, 4.69) is 4.72 Å². The van der Waals surface area contributed by atoms with Crippen LogP contribution < -0.4 is 10.5 Å². The molecule has 0 saturated heterocycles. The number of thiocarbonyl (C=S) groups is 1. The van der Waals surface area contributed by atoms with Crippen molar-refractivity contribution in [1.29, 1.82) is 0 Å². The molecule has 0 heterocycles. The van der Waals surface area contributed by atoms with E-state index in [0.29, 0.717) is 18.5 Å². The van der Waals surface area contributed by atoms with Crippen LogP contribution in [0.1, 0.15) is 11.1 Å². The molecule has 2 aromatic rings. The van der Waals surface area contributed by atoms with Gasteiger partial charge in [0.25, 0.3) is 0 Å². The number of nitrogens with one attached hydrogen (secondary N) is 1. The first-order valence-electron chi connectivity index (χ1n) is 6.42. The number of nitrogens with two attached hydrogens (primary N) is 1. The Morgan fingerprint density at radius 1 is 1.10 bits per heavy atom. The number of hydrogen-bond donors (Lipinski definition) is 2. The van der Waals surface area contributed by atoms with E-state index in [-0.39, 0.29) is 9.88 Å². The third-order valence-electron chi connectivity index (χ3n) is 2.98. The third kappa shape index (κ3) is 4.35. The summed E-state index contributed by atoms with van der Waals surface area (Å²) >= 11 is 4.86. The van der Waals surface area contributed by atoms with Crippen molar-refractivity contribution in [1.82, 2.24) is 4.72 Å². The molecule has 0 aliphatic rings. The molecule has 21 heavy (non-hydrogen) atoms. The summed E-state index contributed by atoms with van der Waals surface area (Å²) in [7, 11) is -3.55. The fourth-order valence-electron chi connectivity index (χ4n) is 1.87. The summed E-state index contributed by atoms with van der Waals surface area (Å²) in [5.41, 5.74) is 7.14. The molecule has 0 aromatic heterocycles. The molecule has 4 nitrogen and oxygen atoms in total. The van der Waals surface area contributed by atoms with Crippen molar-refractivity contribution in [2.75, 3.05) is 6.54 Å². The minimum Gasteiger partial charge on any atom is -0.389 e. The third-order valence-corrected chi connectivity index (χ3v) is 4.67. The van der Waals surface area contributed by atoms with Gasteiger partial charge in [0.05, 0.1) is 4.90 Å². The molecule has 3 N–H and O–H groups in total. The van der Waals surface area contributed by atoms with Crippen molar-refractivity contribution in [2.24, 2.45) is 5.73 Å². The Morgan fingerprint density at radius 2 is 1.81 bits per heavy atom. The molecule has 2 rings (SSSR count). The van der Waals surface area contributed by atoms with E-state index in [4.69, 9.17) is 18.0 Å². The van der Waals surface area contributed by atoms with Crippen molar-refractivity contribution in [3.63, 3.8) is 0 Å². The number of hydrogen-bond acceptors (Lipinski definition) is 3. The van der Waals surface area contributed by atoms with Gasteiger partial charge in [0.15, 0.2) is 0 Å². The highest BCUT2D eigenvalue weighted by Gasteiger charge is 2.14. The minimum absolute atomic E-state index is 0.167. The highest BCUT2D eigenvalue weighted by atomic mass is 32.2. The molecule has 0 aliphatic heterocycles. The lowest BCUT2D eigenvalue weighted by atomic mass is 10.2. The van der Waals surface area contributed by atoms with Crippen LogP contribution in [0.2, 0.25) is 0 Å². The summed E-state index contributed by atoms with van der Waals surface area (Å²) in [6.07, 6.45) is 0.634. The second-order valence-electron chi connectivity index (χ2n) is 4.53. The van der Waals surface area contributed by atoms with E-state index in [1.807, 2.05) is 30.3 Å². The van der Waals surface area contributed by atoms with Crippen molar-refractivity contribution >= 4 is 27.2 Å². The van der Waals surface area contributed by atoms with Gasteiger partial charge in [0.2, 0.25) is 10.0 Å². The Labute approximate surface area is 130 Å². The van der Waals surface area contributed by atoms with Gasteiger partial charge in [0.1, 0.15) is 4.99 Å². The monoisotopic (exact) mass is 320 g/mol. The van der Waals surface area contributed by atoms with Crippen LogP contribution in [0.25, 0.3) is 0 Å². The zero-order valence-corrected chi connectivity index (χ0v) is 13.0. The van der Waals surface area contributed by atoms with Gasteiger partial charge in [-0.15, -0.1) is 0 Å². The highest BCUT2D eigenvalue weighted by molar-refractivity contribution is 7.89. The number of sulfonamides is 1. The first-order valence-corrected chi connectivity index (χ1v) is 8.31. The SMILES string of the molecule is NC(=S)c1cccc(S(=O)(=O)NCCc2ccccc2)c1. The smallest absolute Gasteiger partial charge is 0.240 e. The highest BCUT2D eigenvalue weighted by Crippen LogP contribution is 2.11. The van der Waals surface area contributed by atoms with Crippen LogP contribution in [-0.2, 0) is 16.4 Å². The Bertz CT molecular complexity index is 728. The molecular formula is C15H16N2O2S2. The normalized spacial score (nSPS) is 11.2. The molecule has 0 bridgehead atoms. The van der Waals surface area contributed by atoms with Crippen LogP contribution in [0.3, 0.4) is 0 Å². The van der Waals surface area contributed by atoms with Gasteiger partial charge in [-0.25, -0.2) is 13.1 Å². The van der Waals surface area contributed by atoms with Crippen molar-refractivity contribution in [3.8, 4) is 0 Å². The molecule has 0 spiro atoms. The zero-order chi connectivity index (χ0) is 15.3. The predicted molar refractivity (Wildman–Crippen MR) is 87.7 cm³/mol. The standard InChI is InChI=1S/C15H16N2O2S2/c16-15(20)13-7-4-8-14(11-13)21(18,19)17-10-9-12-5-2-1-3-6-12/h1-8,11,17H,9-10H2,(H2,16,20). The molecule has 2 aromatic carbocycles. The Balaban J connectivity index is 2.05. The number of benzene rings is 2. The molecule has 6 heteroatoms. The van der Waals surface area contributed by atoms with Gasteiger partial charge in [0, 0.05) is 12.1 Å². The zero-order valence-electron chi connectivity index (χ0n) is 11.3. The maximum atomic E-state index is 12.2. The van der Waals surface area contributed by atoms with Crippen LogP contribution in [0.5, 0.6) is 0 Å². The molecule has 0 amide bonds.